The fourth-order valence-corrected chi connectivity index (χ4v) is 3.02. The van der Waals surface area contributed by atoms with E-state index in [1.807, 2.05) is 30.3 Å². The molecule has 0 unspecified atom stereocenters. The van der Waals surface area contributed by atoms with Gasteiger partial charge in [-0.25, -0.2) is 9.37 Å². The predicted molar refractivity (Wildman–Crippen MR) is 105 cm³/mol. The summed E-state index contributed by atoms with van der Waals surface area (Å²) in [5.41, 5.74) is 1.89. The summed E-state index contributed by atoms with van der Waals surface area (Å²) in [7, 11) is 0. The minimum Gasteiger partial charge on any atom is -0.371 e. The molecule has 2 aromatic carbocycles. The van der Waals surface area contributed by atoms with Crippen LogP contribution in [0.25, 0.3) is 10.9 Å². The van der Waals surface area contributed by atoms with E-state index in [1.54, 1.807) is 18.2 Å². The zero-order valence-corrected chi connectivity index (χ0v) is 15.3. The first-order valence-corrected chi connectivity index (χ1v) is 8.49. The number of carbonyl (C=O) groups excluding carboxylic acids is 1. The van der Waals surface area contributed by atoms with Crippen LogP contribution in [0.15, 0.2) is 54.6 Å². The zero-order chi connectivity index (χ0) is 17.9. The van der Waals surface area contributed by atoms with Crippen molar-refractivity contribution >= 4 is 34.9 Å². The minimum atomic E-state index is -0.400. The summed E-state index contributed by atoms with van der Waals surface area (Å²) in [6, 6.07) is 15.7. The highest BCUT2D eigenvalue weighted by molar-refractivity contribution is 6.04. The summed E-state index contributed by atoms with van der Waals surface area (Å²) in [4.78, 5) is 16.8. The van der Waals surface area contributed by atoms with Gasteiger partial charge in [0.1, 0.15) is 11.5 Å². The Labute approximate surface area is 162 Å². The second-order valence-electron chi connectivity index (χ2n) is 6.14. The summed E-state index contributed by atoms with van der Waals surface area (Å²) < 4.78 is 20.0. The van der Waals surface area contributed by atoms with Gasteiger partial charge in [-0.1, -0.05) is 30.3 Å². The van der Waals surface area contributed by atoms with Crippen LogP contribution in [-0.4, -0.2) is 30.6 Å². The first-order chi connectivity index (χ1) is 12.7. The van der Waals surface area contributed by atoms with Crippen LogP contribution in [0.2, 0.25) is 0 Å². The number of amides is 1. The first-order valence-electron chi connectivity index (χ1n) is 8.49. The van der Waals surface area contributed by atoms with Gasteiger partial charge in [0.05, 0.1) is 18.2 Å². The van der Waals surface area contributed by atoms with Crippen LogP contribution in [0.5, 0.6) is 0 Å². The van der Waals surface area contributed by atoms with Gasteiger partial charge < -0.3 is 15.4 Å². The van der Waals surface area contributed by atoms with Crippen molar-refractivity contribution in [3.63, 3.8) is 0 Å². The van der Waals surface area contributed by atoms with E-state index >= 15 is 0 Å². The van der Waals surface area contributed by atoms with Crippen molar-refractivity contribution in [1.82, 2.24) is 10.3 Å². The molecule has 7 heteroatoms. The largest absolute Gasteiger partial charge is 0.371 e. The van der Waals surface area contributed by atoms with E-state index in [4.69, 9.17) is 4.74 Å². The quantitative estimate of drug-likeness (QED) is 0.719. The number of halogens is 2. The fraction of sp³-hybridized carbons (Fsp3) is 0.200. The molecular weight excluding hydrogens is 369 g/mol. The molecule has 27 heavy (non-hydrogen) atoms. The maximum absolute atomic E-state index is 14.4. The molecule has 1 amide bonds. The number of hydrogen-bond donors (Lipinski definition) is 2. The van der Waals surface area contributed by atoms with Crippen molar-refractivity contribution in [3.8, 4) is 0 Å². The van der Waals surface area contributed by atoms with E-state index in [9.17, 15) is 9.18 Å². The van der Waals surface area contributed by atoms with Crippen molar-refractivity contribution < 1.29 is 13.9 Å². The summed E-state index contributed by atoms with van der Waals surface area (Å²) in [6.45, 7) is 1.89. The van der Waals surface area contributed by atoms with E-state index in [1.165, 1.54) is 6.07 Å². The summed E-state index contributed by atoms with van der Waals surface area (Å²) in [5, 5.41) is 6.83. The number of benzene rings is 2. The Bertz CT molecular complexity index is 961. The van der Waals surface area contributed by atoms with E-state index in [2.05, 4.69) is 15.6 Å². The Morgan fingerprint density at radius 3 is 2.81 bits per heavy atom. The third-order valence-corrected chi connectivity index (χ3v) is 4.36. The number of fused-ring (bicyclic) bond motifs is 1. The Hall–Kier alpha value is -2.54. The molecule has 1 fully saturated rings. The van der Waals surface area contributed by atoms with Crippen molar-refractivity contribution in [2.24, 2.45) is 0 Å². The van der Waals surface area contributed by atoms with E-state index in [-0.39, 0.29) is 30.1 Å². The molecule has 0 saturated carbocycles. The number of anilines is 1. The zero-order valence-electron chi connectivity index (χ0n) is 14.4. The van der Waals surface area contributed by atoms with Crippen molar-refractivity contribution in [2.75, 3.05) is 25.0 Å². The monoisotopic (exact) mass is 387 g/mol. The number of para-hydroxylation sites is 1. The highest BCUT2D eigenvalue weighted by atomic mass is 35.5. The fourth-order valence-electron chi connectivity index (χ4n) is 3.02. The molecule has 140 valence electrons. The van der Waals surface area contributed by atoms with Crippen LogP contribution in [0.1, 0.15) is 22.2 Å². The van der Waals surface area contributed by atoms with Gasteiger partial charge in [0.2, 0.25) is 0 Å². The molecule has 0 spiro atoms. The average molecular weight is 388 g/mol. The van der Waals surface area contributed by atoms with E-state index in [0.29, 0.717) is 24.4 Å². The molecule has 2 N–H and O–H groups in total. The lowest BCUT2D eigenvalue weighted by atomic mass is 10.1. The SMILES string of the molecule is Cl.O=C(Nc1ccc([C@H]2CNCCO2)c(F)c1)c1ccc2ccccc2n1. The number of aromatic nitrogens is 1. The minimum absolute atomic E-state index is 0. The van der Waals surface area contributed by atoms with Gasteiger partial charge in [0.15, 0.2) is 0 Å². The van der Waals surface area contributed by atoms with E-state index in [0.717, 1.165) is 17.4 Å². The van der Waals surface area contributed by atoms with Gasteiger partial charge in [-0.15, -0.1) is 12.4 Å². The lowest BCUT2D eigenvalue weighted by molar-refractivity contribution is 0.0255. The van der Waals surface area contributed by atoms with Gasteiger partial charge in [-0.3, -0.25) is 4.79 Å². The van der Waals surface area contributed by atoms with Gasteiger partial charge in [-0.05, 0) is 24.3 Å². The van der Waals surface area contributed by atoms with Crippen LogP contribution in [0.3, 0.4) is 0 Å². The van der Waals surface area contributed by atoms with Crippen molar-refractivity contribution in [2.45, 2.75) is 6.10 Å². The number of carbonyl (C=O) groups is 1. The number of morpholine rings is 1. The summed E-state index contributed by atoms with van der Waals surface area (Å²) in [5.74, 6) is -0.776. The molecule has 4 rings (SSSR count). The molecule has 1 aromatic heterocycles. The number of nitrogens with zero attached hydrogens (tertiary/aromatic N) is 1. The molecular formula is C20H19ClFN3O2. The molecule has 1 atom stereocenters. The molecule has 0 radical (unpaired) electrons. The number of pyridine rings is 1. The molecule has 2 heterocycles. The molecule has 5 nitrogen and oxygen atoms in total. The first kappa shape index (κ1) is 19.2. The predicted octanol–water partition coefficient (Wildman–Crippen LogP) is 3.71. The van der Waals surface area contributed by atoms with Crippen LogP contribution in [-0.2, 0) is 4.74 Å². The van der Waals surface area contributed by atoms with Crippen molar-refractivity contribution in [3.05, 3.63) is 71.7 Å². The smallest absolute Gasteiger partial charge is 0.274 e. The lowest BCUT2D eigenvalue weighted by Gasteiger charge is -2.24. The van der Waals surface area contributed by atoms with Gasteiger partial charge in [0.25, 0.3) is 5.91 Å². The topological polar surface area (TPSA) is 63.2 Å². The second kappa shape index (κ2) is 8.43. The highest BCUT2D eigenvalue weighted by Gasteiger charge is 2.20. The van der Waals surface area contributed by atoms with Gasteiger partial charge in [-0.2, -0.15) is 0 Å². The van der Waals surface area contributed by atoms with E-state index < -0.39 is 5.82 Å². The Morgan fingerprint density at radius 1 is 1.19 bits per heavy atom. The van der Waals surface area contributed by atoms with Crippen LogP contribution >= 0.6 is 12.4 Å². The van der Waals surface area contributed by atoms with Gasteiger partial charge >= 0.3 is 0 Å². The Kier molecular flexibility index (Phi) is 6.01. The maximum atomic E-state index is 14.4. The number of rotatable bonds is 3. The Balaban J connectivity index is 0.00000210. The number of ether oxygens (including phenoxy) is 1. The number of nitrogens with one attached hydrogen (secondary N) is 2. The highest BCUT2D eigenvalue weighted by Crippen LogP contribution is 2.24. The second-order valence-corrected chi connectivity index (χ2v) is 6.14. The standard InChI is InChI=1S/C20H18FN3O2.ClH/c21-16-11-14(6-7-15(16)19-12-22-9-10-26-19)23-20(25)18-8-5-13-3-1-2-4-17(13)24-18;/h1-8,11,19,22H,9-10,12H2,(H,23,25);1H/t19-;/m1./s1. The molecule has 1 aliphatic rings. The van der Waals surface area contributed by atoms with Crippen LogP contribution in [0.4, 0.5) is 10.1 Å². The molecule has 3 aromatic rings. The number of hydrogen-bond acceptors (Lipinski definition) is 4. The normalized spacial score (nSPS) is 16.6. The molecule has 0 bridgehead atoms. The third-order valence-electron chi connectivity index (χ3n) is 4.36. The average Bonchev–Trinajstić information content (AvgIpc) is 2.68. The maximum Gasteiger partial charge on any atom is 0.274 e. The Morgan fingerprint density at radius 2 is 2.04 bits per heavy atom. The third kappa shape index (κ3) is 4.24. The molecule has 1 saturated heterocycles. The van der Waals surface area contributed by atoms with Crippen molar-refractivity contribution in [1.29, 1.82) is 0 Å². The molecule has 0 aliphatic carbocycles. The molecule has 1 aliphatic heterocycles. The summed E-state index contributed by atoms with van der Waals surface area (Å²) in [6.07, 6.45) is -0.310. The van der Waals surface area contributed by atoms with Gasteiger partial charge in [0, 0.05) is 29.7 Å². The summed E-state index contributed by atoms with van der Waals surface area (Å²) >= 11 is 0. The lowest BCUT2D eigenvalue weighted by Crippen LogP contribution is -2.33. The van der Waals surface area contributed by atoms with Crippen LogP contribution in [0, 0.1) is 5.82 Å². The van der Waals surface area contributed by atoms with Crippen LogP contribution < -0.4 is 10.6 Å².